The minimum absolute atomic E-state index is 0.374. The summed E-state index contributed by atoms with van der Waals surface area (Å²) in [6.45, 7) is 6.53. The van der Waals surface area contributed by atoms with Crippen LogP contribution in [-0.4, -0.2) is 70.1 Å². The summed E-state index contributed by atoms with van der Waals surface area (Å²) in [4.78, 5) is 44.8. The third-order valence-electron chi connectivity index (χ3n) is 5.17. The van der Waals surface area contributed by atoms with Gasteiger partial charge in [0.15, 0.2) is 5.92 Å². The number of carbonyl (C=O) groups excluding carboxylic acids is 3. The number of methoxy groups -OCH3 is 1. The van der Waals surface area contributed by atoms with Crippen LogP contribution in [0.3, 0.4) is 0 Å². The summed E-state index contributed by atoms with van der Waals surface area (Å²) in [7, 11) is 1.53. The van der Waals surface area contributed by atoms with Crippen molar-refractivity contribution in [1.29, 1.82) is 0 Å². The van der Waals surface area contributed by atoms with E-state index >= 15 is 0 Å². The summed E-state index contributed by atoms with van der Waals surface area (Å²) in [5.74, 6) is -1.69. The van der Waals surface area contributed by atoms with Gasteiger partial charge in [0, 0.05) is 5.71 Å². The first-order chi connectivity index (χ1) is 14.0. The van der Waals surface area contributed by atoms with Gasteiger partial charge < -0.3 is 14.4 Å². The van der Waals surface area contributed by atoms with Crippen molar-refractivity contribution in [2.75, 3.05) is 51.4 Å². The van der Waals surface area contributed by atoms with E-state index in [-0.39, 0.29) is 0 Å². The Hall–Kier alpha value is -2.78. The van der Waals surface area contributed by atoms with Crippen molar-refractivity contribution in [1.82, 2.24) is 5.32 Å². The molecule has 1 atom stereocenters. The van der Waals surface area contributed by atoms with Gasteiger partial charge in [-0.05, 0) is 30.7 Å². The second-order valence-electron chi connectivity index (χ2n) is 6.94. The molecular formula is C20H27N4O5+. The largest absolute Gasteiger partial charge is 0.497 e. The minimum Gasteiger partial charge on any atom is -0.497 e. The first-order valence-corrected chi connectivity index (χ1v) is 9.82. The quantitative estimate of drug-likeness (QED) is 0.479. The predicted octanol–water partition coefficient (Wildman–Crippen LogP) is -0.340. The van der Waals surface area contributed by atoms with E-state index in [0.29, 0.717) is 30.1 Å². The van der Waals surface area contributed by atoms with Gasteiger partial charge in [-0.3, -0.25) is 19.9 Å². The molecular weight excluding hydrogens is 376 g/mol. The molecule has 0 radical (unpaired) electrons. The normalized spacial score (nSPS) is 21.3. The Morgan fingerprint density at radius 1 is 1.24 bits per heavy atom. The van der Waals surface area contributed by atoms with E-state index in [0.717, 1.165) is 37.7 Å². The monoisotopic (exact) mass is 403 g/mol. The summed E-state index contributed by atoms with van der Waals surface area (Å²) < 4.78 is 10.5. The molecule has 0 bridgehead atoms. The molecule has 2 aliphatic heterocycles. The fraction of sp³-hybridized carbons (Fsp3) is 0.500. The lowest BCUT2D eigenvalue weighted by Gasteiger charge is -2.30. The van der Waals surface area contributed by atoms with Gasteiger partial charge in [0.2, 0.25) is 5.91 Å². The topological polar surface area (TPSA) is 102 Å². The van der Waals surface area contributed by atoms with Gasteiger partial charge >= 0.3 is 6.03 Å². The number of nitrogens with zero attached hydrogens (tertiary/aromatic N) is 2. The van der Waals surface area contributed by atoms with Gasteiger partial charge in [0.25, 0.3) is 5.91 Å². The molecule has 2 N–H and O–H groups in total. The molecule has 2 heterocycles. The zero-order valence-corrected chi connectivity index (χ0v) is 16.8. The molecule has 2 saturated heterocycles. The Bertz CT molecular complexity index is 787. The van der Waals surface area contributed by atoms with Crippen LogP contribution in [0.15, 0.2) is 29.3 Å². The maximum atomic E-state index is 13.1. The molecule has 29 heavy (non-hydrogen) atoms. The molecule has 2 aliphatic rings. The number of urea groups is 1. The van der Waals surface area contributed by atoms with Crippen LogP contribution in [0.5, 0.6) is 5.75 Å². The average molecular weight is 403 g/mol. The van der Waals surface area contributed by atoms with Crippen molar-refractivity contribution in [3.63, 3.8) is 0 Å². The van der Waals surface area contributed by atoms with Gasteiger partial charge in [-0.25, -0.2) is 9.69 Å². The summed E-state index contributed by atoms with van der Waals surface area (Å²) in [5, 5.41) is 2.28. The number of benzene rings is 1. The van der Waals surface area contributed by atoms with Crippen LogP contribution in [-0.2, 0) is 14.3 Å². The Kier molecular flexibility index (Phi) is 6.95. The fourth-order valence-corrected chi connectivity index (χ4v) is 3.52. The third-order valence-corrected chi connectivity index (χ3v) is 5.17. The van der Waals surface area contributed by atoms with Crippen LogP contribution in [0.2, 0.25) is 0 Å². The number of anilines is 1. The second kappa shape index (κ2) is 9.62. The molecule has 3 rings (SSSR count). The number of nitrogens with one attached hydrogen (secondary N) is 2. The van der Waals surface area contributed by atoms with Gasteiger partial charge in [-0.1, -0.05) is 6.92 Å². The van der Waals surface area contributed by atoms with E-state index < -0.39 is 23.8 Å². The third kappa shape index (κ3) is 4.80. The zero-order chi connectivity index (χ0) is 20.8. The van der Waals surface area contributed by atoms with Gasteiger partial charge in [0.05, 0.1) is 39.1 Å². The summed E-state index contributed by atoms with van der Waals surface area (Å²) in [6, 6.07) is 5.76. The lowest BCUT2D eigenvalue weighted by Crippen LogP contribution is -3.14. The number of hydrogen-bond donors (Lipinski definition) is 2. The predicted molar refractivity (Wildman–Crippen MR) is 106 cm³/mol. The molecule has 2 fully saturated rings. The highest BCUT2D eigenvalue weighted by Gasteiger charge is 2.43. The molecule has 0 aromatic heterocycles. The highest BCUT2D eigenvalue weighted by molar-refractivity contribution is 6.35. The van der Waals surface area contributed by atoms with E-state index in [1.54, 1.807) is 24.3 Å². The van der Waals surface area contributed by atoms with Crippen LogP contribution in [0.1, 0.15) is 13.3 Å². The number of barbiturate groups is 1. The van der Waals surface area contributed by atoms with Gasteiger partial charge in [-0.2, -0.15) is 0 Å². The van der Waals surface area contributed by atoms with Crippen LogP contribution in [0, 0.1) is 5.92 Å². The summed E-state index contributed by atoms with van der Waals surface area (Å²) in [5.41, 5.74) is 0.866. The van der Waals surface area contributed by atoms with Crippen LogP contribution in [0.25, 0.3) is 0 Å². The van der Waals surface area contributed by atoms with Crippen molar-refractivity contribution in [3.8, 4) is 5.75 Å². The standard InChI is InChI=1S/C20H26N4O5/c1-3-16(21-8-9-23-10-12-29-13-11-23)17-18(25)22-20(27)24(19(17)26)14-4-6-15(28-2)7-5-14/h4-7,17H,3,8-13H2,1-2H3,(H,22,25,27)/p+1. The fourth-order valence-electron chi connectivity index (χ4n) is 3.52. The maximum Gasteiger partial charge on any atom is 0.335 e. The van der Waals surface area contributed by atoms with Crippen molar-refractivity contribution in [2.24, 2.45) is 10.9 Å². The van der Waals surface area contributed by atoms with Crippen LogP contribution >= 0.6 is 0 Å². The number of rotatable bonds is 7. The Labute approximate surface area is 169 Å². The van der Waals surface area contributed by atoms with Crippen LogP contribution < -0.4 is 19.9 Å². The lowest BCUT2D eigenvalue weighted by molar-refractivity contribution is -0.906. The SMILES string of the molecule is CCC(=NCC[NH+]1CCOCC1)C1C(=O)NC(=O)N(c2ccc(OC)cc2)C1=O. The van der Waals surface area contributed by atoms with E-state index in [1.165, 1.54) is 12.0 Å². The molecule has 156 valence electrons. The van der Waals surface area contributed by atoms with Gasteiger partial charge in [-0.15, -0.1) is 0 Å². The van der Waals surface area contributed by atoms with Crippen molar-refractivity contribution in [2.45, 2.75) is 13.3 Å². The first kappa shape index (κ1) is 20.9. The molecule has 9 nitrogen and oxygen atoms in total. The number of imide groups is 2. The minimum atomic E-state index is -1.10. The van der Waals surface area contributed by atoms with E-state index in [1.807, 2.05) is 6.92 Å². The molecule has 0 spiro atoms. The van der Waals surface area contributed by atoms with Crippen LogP contribution in [0.4, 0.5) is 10.5 Å². The van der Waals surface area contributed by atoms with E-state index in [4.69, 9.17) is 9.47 Å². The zero-order valence-electron chi connectivity index (χ0n) is 16.8. The van der Waals surface area contributed by atoms with Gasteiger partial charge in [0.1, 0.15) is 18.8 Å². The molecule has 1 unspecified atom stereocenters. The smallest absolute Gasteiger partial charge is 0.335 e. The first-order valence-electron chi connectivity index (χ1n) is 9.82. The maximum absolute atomic E-state index is 13.1. The Balaban J connectivity index is 1.76. The van der Waals surface area contributed by atoms with E-state index in [9.17, 15) is 14.4 Å². The Morgan fingerprint density at radius 3 is 2.55 bits per heavy atom. The molecule has 0 aliphatic carbocycles. The number of hydrogen-bond acceptors (Lipinski definition) is 6. The number of carbonyl (C=O) groups is 3. The molecule has 1 aromatic carbocycles. The molecule has 0 saturated carbocycles. The highest BCUT2D eigenvalue weighted by atomic mass is 16.5. The number of aliphatic imine (C=N–C) groups is 1. The van der Waals surface area contributed by atoms with Crippen molar-refractivity contribution < 1.29 is 28.8 Å². The molecule has 4 amide bonds. The number of ether oxygens (including phenoxy) is 2. The summed E-state index contributed by atoms with van der Waals surface area (Å²) >= 11 is 0. The second-order valence-corrected chi connectivity index (χ2v) is 6.94. The number of morpholine rings is 1. The number of quaternary nitrogens is 1. The van der Waals surface area contributed by atoms with Crippen molar-refractivity contribution in [3.05, 3.63) is 24.3 Å². The van der Waals surface area contributed by atoms with E-state index in [2.05, 4.69) is 10.3 Å². The average Bonchev–Trinajstić information content (AvgIpc) is 2.73. The summed E-state index contributed by atoms with van der Waals surface area (Å²) in [6.07, 6.45) is 0.451. The molecule has 9 heteroatoms. The van der Waals surface area contributed by atoms with Crippen molar-refractivity contribution >= 4 is 29.2 Å². The highest BCUT2D eigenvalue weighted by Crippen LogP contribution is 2.24. The Morgan fingerprint density at radius 2 is 1.93 bits per heavy atom. The lowest BCUT2D eigenvalue weighted by atomic mass is 9.96. The number of amides is 4. The molecule has 1 aromatic rings.